The van der Waals surface area contributed by atoms with Crippen LogP contribution in [0.25, 0.3) is 16.3 Å². The van der Waals surface area contributed by atoms with Crippen molar-refractivity contribution in [1.29, 1.82) is 0 Å². The van der Waals surface area contributed by atoms with Crippen LogP contribution in [0.3, 0.4) is 0 Å². The molecule has 0 unspecified atom stereocenters. The van der Waals surface area contributed by atoms with Crippen LogP contribution in [0.1, 0.15) is 60.1 Å². The van der Waals surface area contributed by atoms with E-state index in [-0.39, 0.29) is 11.8 Å². The lowest BCUT2D eigenvalue weighted by atomic mass is 9.95. The molecule has 0 aliphatic rings. The molecule has 0 bridgehead atoms. The number of allylic oxidation sites excluding steroid dienone is 6. The van der Waals surface area contributed by atoms with Crippen LogP contribution in [0.5, 0.6) is 0 Å². The van der Waals surface area contributed by atoms with E-state index >= 15 is 0 Å². The van der Waals surface area contributed by atoms with Gasteiger partial charge < -0.3 is 5.32 Å². The standard InChI is InChI=1S/C25H32N4O2/c1-7-16(5)21(23(30)9-3)11-17(6)20(8-2)22-12-18-15-28-24(13-19(18)14-27-22)29-25(31)26-10-4/h8,11-15H,7,9-10H2,1-6H3,(H2,26,28,29,31)/b17-11-,20-8+,21-16-. The molecule has 0 atom stereocenters. The first kappa shape index (κ1) is 24.0. The van der Waals surface area contributed by atoms with Crippen molar-refractivity contribution in [2.45, 2.75) is 54.4 Å². The number of aromatic nitrogens is 2. The summed E-state index contributed by atoms with van der Waals surface area (Å²) < 4.78 is 0. The molecule has 2 amide bonds. The first-order chi connectivity index (χ1) is 14.8. The van der Waals surface area contributed by atoms with Crippen molar-refractivity contribution in [2.24, 2.45) is 0 Å². The minimum absolute atomic E-state index is 0.150. The number of nitrogens with zero attached hydrogens (tertiary/aromatic N) is 2. The monoisotopic (exact) mass is 420 g/mol. The van der Waals surface area contributed by atoms with Crippen molar-refractivity contribution in [3.63, 3.8) is 0 Å². The number of rotatable bonds is 8. The lowest BCUT2D eigenvalue weighted by Crippen LogP contribution is -2.28. The van der Waals surface area contributed by atoms with E-state index in [9.17, 15) is 9.59 Å². The first-order valence-electron chi connectivity index (χ1n) is 10.7. The summed E-state index contributed by atoms with van der Waals surface area (Å²) in [5.74, 6) is 0.621. The Hall–Kier alpha value is -3.28. The fraction of sp³-hybridized carbons (Fsp3) is 0.360. The second-order valence-corrected chi connectivity index (χ2v) is 7.32. The highest BCUT2D eigenvalue weighted by Crippen LogP contribution is 2.27. The Bertz CT molecular complexity index is 1060. The molecule has 0 aliphatic carbocycles. The van der Waals surface area contributed by atoms with Crippen molar-refractivity contribution in [3.8, 4) is 0 Å². The Morgan fingerprint density at radius 3 is 2.29 bits per heavy atom. The maximum atomic E-state index is 12.4. The van der Waals surface area contributed by atoms with Crippen LogP contribution in [0, 0.1) is 0 Å². The molecule has 6 heteroatoms. The summed E-state index contributed by atoms with van der Waals surface area (Å²) in [6.07, 6.45) is 8.80. The summed E-state index contributed by atoms with van der Waals surface area (Å²) in [4.78, 5) is 33.1. The van der Waals surface area contributed by atoms with Gasteiger partial charge >= 0.3 is 6.03 Å². The number of Topliss-reactive ketones (excluding diaryl/α,β-unsaturated/α-hetero) is 1. The van der Waals surface area contributed by atoms with Crippen LogP contribution < -0.4 is 10.6 Å². The molecule has 0 aliphatic heterocycles. The number of ketones is 1. The fourth-order valence-electron chi connectivity index (χ4n) is 3.27. The number of hydrogen-bond donors (Lipinski definition) is 2. The highest BCUT2D eigenvalue weighted by atomic mass is 16.2. The van der Waals surface area contributed by atoms with Crippen LogP contribution in [-0.4, -0.2) is 28.3 Å². The van der Waals surface area contributed by atoms with Gasteiger partial charge in [-0.15, -0.1) is 0 Å². The molecule has 0 saturated heterocycles. The average molecular weight is 421 g/mol. The number of amides is 2. The second kappa shape index (κ2) is 11.2. The van der Waals surface area contributed by atoms with Gasteiger partial charge in [-0.1, -0.05) is 25.5 Å². The third kappa shape index (κ3) is 6.10. The van der Waals surface area contributed by atoms with Crippen molar-refractivity contribution >= 4 is 34.0 Å². The van der Waals surface area contributed by atoms with Crippen molar-refractivity contribution in [1.82, 2.24) is 15.3 Å². The number of hydrogen-bond acceptors (Lipinski definition) is 4. The summed E-state index contributed by atoms with van der Waals surface area (Å²) in [5.41, 5.74) is 4.64. The van der Waals surface area contributed by atoms with E-state index in [0.717, 1.165) is 45.2 Å². The van der Waals surface area contributed by atoms with Crippen LogP contribution in [0.15, 0.2) is 53.4 Å². The number of nitrogens with one attached hydrogen (secondary N) is 2. The molecule has 0 saturated carbocycles. The van der Waals surface area contributed by atoms with Crippen molar-refractivity contribution < 1.29 is 9.59 Å². The van der Waals surface area contributed by atoms with E-state index in [1.54, 1.807) is 18.5 Å². The van der Waals surface area contributed by atoms with Crippen LogP contribution in [-0.2, 0) is 4.79 Å². The predicted molar refractivity (Wildman–Crippen MR) is 128 cm³/mol. The third-order valence-corrected chi connectivity index (χ3v) is 5.14. The normalized spacial score (nSPS) is 13.1. The lowest BCUT2D eigenvalue weighted by Gasteiger charge is -2.12. The van der Waals surface area contributed by atoms with Gasteiger partial charge in [0, 0.05) is 41.7 Å². The number of carbonyl (C=O) groups excluding carboxylic acids is 2. The molecule has 0 spiro atoms. The van der Waals surface area contributed by atoms with Gasteiger partial charge in [-0.2, -0.15) is 0 Å². The molecule has 6 nitrogen and oxygen atoms in total. The number of carbonyl (C=O) groups is 2. The lowest BCUT2D eigenvalue weighted by molar-refractivity contribution is -0.115. The van der Waals surface area contributed by atoms with Crippen molar-refractivity contribution in [3.05, 3.63) is 59.1 Å². The number of anilines is 1. The highest BCUT2D eigenvalue weighted by Gasteiger charge is 2.12. The maximum absolute atomic E-state index is 12.4. The zero-order chi connectivity index (χ0) is 23.0. The molecular formula is C25H32N4O2. The Kier molecular flexibility index (Phi) is 8.67. The predicted octanol–water partition coefficient (Wildman–Crippen LogP) is 5.83. The average Bonchev–Trinajstić information content (AvgIpc) is 2.77. The van der Waals surface area contributed by atoms with Gasteiger partial charge in [0.15, 0.2) is 5.78 Å². The molecule has 31 heavy (non-hydrogen) atoms. The summed E-state index contributed by atoms with van der Waals surface area (Å²) in [5, 5.41) is 7.19. The van der Waals surface area contributed by atoms with Gasteiger partial charge in [0.25, 0.3) is 0 Å². The molecule has 0 fully saturated rings. The van der Waals surface area contributed by atoms with E-state index in [1.807, 2.05) is 52.8 Å². The number of urea groups is 1. The number of fused-ring (bicyclic) bond motifs is 1. The summed E-state index contributed by atoms with van der Waals surface area (Å²) >= 11 is 0. The molecule has 2 aromatic rings. The minimum Gasteiger partial charge on any atom is -0.338 e. The van der Waals surface area contributed by atoms with E-state index < -0.39 is 0 Å². The van der Waals surface area contributed by atoms with Gasteiger partial charge in [0.05, 0.1) is 5.69 Å². The van der Waals surface area contributed by atoms with E-state index in [0.29, 0.717) is 18.8 Å². The van der Waals surface area contributed by atoms with Gasteiger partial charge in [-0.05, 0) is 63.5 Å². The molecule has 2 N–H and O–H groups in total. The van der Waals surface area contributed by atoms with Gasteiger partial charge in [0.2, 0.25) is 0 Å². The summed E-state index contributed by atoms with van der Waals surface area (Å²) in [6.45, 7) is 12.3. The fourth-order valence-corrected chi connectivity index (χ4v) is 3.27. The number of pyridine rings is 2. The Morgan fingerprint density at radius 1 is 1.00 bits per heavy atom. The minimum atomic E-state index is -0.288. The Labute approximate surface area is 184 Å². The quantitative estimate of drug-likeness (QED) is 0.416. The largest absolute Gasteiger partial charge is 0.338 e. The van der Waals surface area contributed by atoms with Crippen LogP contribution in [0.2, 0.25) is 0 Å². The zero-order valence-corrected chi connectivity index (χ0v) is 19.3. The van der Waals surface area contributed by atoms with Crippen molar-refractivity contribution in [2.75, 3.05) is 11.9 Å². The van der Waals surface area contributed by atoms with E-state index in [4.69, 9.17) is 0 Å². The molecule has 2 heterocycles. The van der Waals surface area contributed by atoms with Gasteiger partial charge in [0.1, 0.15) is 5.82 Å². The van der Waals surface area contributed by atoms with Crippen LogP contribution >= 0.6 is 0 Å². The topological polar surface area (TPSA) is 84.0 Å². The Morgan fingerprint density at radius 2 is 1.68 bits per heavy atom. The maximum Gasteiger partial charge on any atom is 0.320 e. The van der Waals surface area contributed by atoms with Gasteiger partial charge in [-0.25, -0.2) is 9.78 Å². The van der Waals surface area contributed by atoms with Gasteiger partial charge in [-0.3, -0.25) is 15.1 Å². The zero-order valence-electron chi connectivity index (χ0n) is 19.3. The summed E-state index contributed by atoms with van der Waals surface area (Å²) in [7, 11) is 0. The molecule has 2 rings (SSSR count). The molecule has 0 aromatic carbocycles. The molecule has 0 radical (unpaired) electrons. The first-order valence-corrected chi connectivity index (χ1v) is 10.7. The second-order valence-electron chi connectivity index (χ2n) is 7.32. The Balaban J connectivity index is 2.40. The van der Waals surface area contributed by atoms with E-state index in [1.165, 1.54) is 0 Å². The molecular weight excluding hydrogens is 388 g/mol. The molecule has 164 valence electrons. The smallest absolute Gasteiger partial charge is 0.320 e. The van der Waals surface area contributed by atoms with Crippen LogP contribution in [0.4, 0.5) is 10.6 Å². The third-order valence-electron chi connectivity index (χ3n) is 5.14. The molecule has 2 aromatic heterocycles. The SMILES string of the molecule is C\C=C(/C(C)=C\C(C(=O)CC)=C(/C)CC)c1cc2cnc(NC(=O)NCC)cc2cn1. The summed E-state index contributed by atoms with van der Waals surface area (Å²) in [6, 6.07) is 3.48. The highest BCUT2D eigenvalue weighted by molar-refractivity contribution is 5.99. The van der Waals surface area contributed by atoms with E-state index in [2.05, 4.69) is 27.5 Å².